The van der Waals surface area contributed by atoms with Crippen LogP contribution in [0.5, 0.6) is 0 Å². The van der Waals surface area contributed by atoms with Gasteiger partial charge in [-0.05, 0) is 24.5 Å². The summed E-state index contributed by atoms with van der Waals surface area (Å²) < 4.78 is 0. The zero-order chi connectivity index (χ0) is 13.1. The van der Waals surface area contributed by atoms with E-state index in [1.54, 1.807) is 11.3 Å². The van der Waals surface area contributed by atoms with E-state index >= 15 is 0 Å². The number of nitrogens with zero attached hydrogens (tertiary/aromatic N) is 1. The van der Waals surface area contributed by atoms with Gasteiger partial charge in [-0.1, -0.05) is 44.5 Å². The van der Waals surface area contributed by atoms with Crippen molar-refractivity contribution >= 4 is 16.5 Å². The normalized spacial score (nSPS) is 12.6. The van der Waals surface area contributed by atoms with Crippen molar-refractivity contribution in [3.05, 3.63) is 46.0 Å². The summed E-state index contributed by atoms with van der Waals surface area (Å²) in [5, 5.41) is 0.669. The SMILES string of the molecule is CCCc1ccccc1C(C)c1sc(N)nc1C. The molecule has 0 fully saturated rings. The highest BCUT2D eigenvalue weighted by Gasteiger charge is 2.17. The van der Waals surface area contributed by atoms with Gasteiger partial charge in [0.1, 0.15) is 0 Å². The van der Waals surface area contributed by atoms with Gasteiger partial charge in [0, 0.05) is 10.8 Å². The topological polar surface area (TPSA) is 38.9 Å². The molecule has 1 aromatic heterocycles. The highest BCUT2D eigenvalue weighted by molar-refractivity contribution is 7.15. The Hall–Kier alpha value is -1.35. The number of aromatic nitrogens is 1. The van der Waals surface area contributed by atoms with Gasteiger partial charge in [0.25, 0.3) is 0 Å². The Balaban J connectivity index is 2.39. The lowest BCUT2D eigenvalue weighted by Crippen LogP contribution is -2.00. The summed E-state index contributed by atoms with van der Waals surface area (Å²) in [6, 6.07) is 8.69. The molecule has 0 saturated heterocycles. The number of thiazole rings is 1. The number of anilines is 1. The second-order valence-corrected chi connectivity index (χ2v) is 5.73. The summed E-state index contributed by atoms with van der Waals surface area (Å²) in [4.78, 5) is 5.62. The molecular weight excluding hydrogens is 240 g/mol. The average molecular weight is 260 g/mol. The van der Waals surface area contributed by atoms with Gasteiger partial charge >= 0.3 is 0 Å². The molecule has 2 nitrogen and oxygen atoms in total. The number of hydrogen-bond acceptors (Lipinski definition) is 3. The van der Waals surface area contributed by atoms with Crippen LogP contribution in [0.2, 0.25) is 0 Å². The molecule has 0 amide bonds. The van der Waals surface area contributed by atoms with Crippen molar-refractivity contribution in [2.75, 3.05) is 5.73 Å². The Bertz CT molecular complexity index is 531. The second-order valence-electron chi connectivity index (χ2n) is 4.67. The van der Waals surface area contributed by atoms with Crippen molar-refractivity contribution in [3.8, 4) is 0 Å². The lowest BCUT2D eigenvalue weighted by atomic mass is 9.92. The summed E-state index contributed by atoms with van der Waals surface area (Å²) in [5.41, 5.74) is 9.72. The van der Waals surface area contributed by atoms with Crippen molar-refractivity contribution < 1.29 is 0 Å². The maximum Gasteiger partial charge on any atom is 0.180 e. The van der Waals surface area contributed by atoms with Crippen LogP contribution in [0.3, 0.4) is 0 Å². The molecule has 1 heterocycles. The Morgan fingerprint density at radius 1 is 1.33 bits per heavy atom. The summed E-state index contributed by atoms with van der Waals surface area (Å²) >= 11 is 1.61. The first-order valence-corrected chi connectivity index (χ1v) is 7.25. The molecule has 2 rings (SSSR count). The summed E-state index contributed by atoms with van der Waals surface area (Å²) in [6.45, 7) is 6.51. The minimum atomic E-state index is 0.377. The van der Waals surface area contributed by atoms with Crippen LogP contribution in [0.15, 0.2) is 24.3 Å². The van der Waals surface area contributed by atoms with Gasteiger partial charge in [0.15, 0.2) is 5.13 Å². The third kappa shape index (κ3) is 2.56. The molecule has 3 heteroatoms. The zero-order valence-electron chi connectivity index (χ0n) is 11.2. The van der Waals surface area contributed by atoms with E-state index in [0.29, 0.717) is 11.0 Å². The molecule has 1 atom stereocenters. The van der Waals surface area contributed by atoms with E-state index in [2.05, 4.69) is 43.1 Å². The molecule has 18 heavy (non-hydrogen) atoms. The van der Waals surface area contributed by atoms with Crippen LogP contribution in [-0.4, -0.2) is 4.98 Å². The summed E-state index contributed by atoms with van der Waals surface area (Å²) in [5.74, 6) is 0.377. The highest BCUT2D eigenvalue weighted by atomic mass is 32.1. The molecule has 0 bridgehead atoms. The number of nitrogens with two attached hydrogens (primary N) is 1. The van der Waals surface area contributed by atoms with E-state index in [9.17, 15) is 0 Å². The third-order valence-electron chi connectivity index (χ3n) is 3.28. The van der Waals surface area contributed by atoms with E-state index in [1.165, 1.54) is 22.4 Å². The predicted molar refractivity (Wildman–Crippen MR) is 79.2 cm³/mol. The molecule has 0 saturated carbocycles. The quantitative estimate of drug-likeness (QED) is 0.897. The fourth-order valence-electron chi connectivity index (χ4n) is 2.43. The van der Waals surface area contributed by atoms with Crippen LogP contribution in [0.25, 0.3) is 0 Å². The molecule has 0 aliphatic carbocycles. The molecule has 1 unspecified atom stereocenters. The van der Waals surface area contributed by atoms with Gasteiger partial charge in [-0.3, -0.25) is 0 Å². The Morgan fingerprint density at radius 3 is 2.67 bits per heavy atom. The predicted octanol–water partition coefficient (Wildman–Crippen LogP) is 4.14. The summed E-state index contributed by atoms with van der Waals surface area (Å²) in [7, 11) is 0. The zero-order valence-corrected chi connectivity index (χ0v) is 12.1. The number of nitrogen functional groups attached to an aromatic ring is 1. The van der Waals surface area contributed by atoms with E-state index in [4.69, 9.17) is 5.73 Å². The molecular formula is C15H20N2S. The maximum absolute atomic E-state index is 5.80. The molecule has 2 aromatic rings. The van der Waals surface area contributed by atoms with Crippen LogP contribution in [0, 0.1) is 6.92 Å². The van der Waals surface area contributed by atoms with Crippen LogP contribution in [0.4, 0.5) is 5.13 Å². The lowest BCUT2D eigenvalue weighted by Gasteiger charge is -2.15. The van der Waals surface area contributed by atoms with Gasteiger partial charge in [-0.25, -0.2) is 4.98 Å². The molecule has 96 valence electrons. The van der Waals surface area contributed by atoms with Crippen molar-refractivity contribution in [3.63, 3.8) is 0 Å². The van der Waals surface area contributed by atoms with Crippen LogP contribution < -0.4 is 5.73 Å². The first kappa shape index (κ1) is 13.1. The molecule has 0 spiro atoms. The fourth-order valence-corrected chi connectivity index (χ4v) is 3.33. The average Bonchev–Trinajstić information content (AvgIpc) is 2.69. The van der Waals surface area contributed by atoms with Gasteiger partial charge < -0.3 is 5.73 Å². The van der Waals surface area contributed by atoms with Crippen molar-refractivity contribution in [2.24, 2.45) is 0 Å². The molecule has 1 aromatic carbocycles. The molecule has 2 N–H and O–H groups in total. The van der Waals surface area contributed by atoms with E-state index < -0.39 is 0 Å². The minimum absolute atomic E-state index is 0.377. The van der Waals surface area contributed by atoms with Gasteiger partial charge in [-0.2, -0.15) is 0 Å². The smallest absolute Gasteiger partial charge is 0.180 e. The molecule has 0 aliphatic rings. The number of rotatable bonds is 4. The van der Waals surface area contributed by atoms with E-state index in [-0.39, 0.29) is 0 Å². The van der Waals surface area contributed by atoms with Crippen molar-refractivity contribution in [1.29, 1.82) is 0 Å². The number of aryl methyl sites for hydroxylation is 2. The monoisotopic (exact) mass is 260 g/mol. The van der Waals surface area contributed by atoms with Crippen molar-refractivity contribution in [1.82, 2.24) is 4.98 Å². The van der Waals surface area contributed by atoms with Crippen LogP contribution >= 0.6 is 11.3 Å². The van der Waals surface area contributed by atoms with Gasteiger partial charge in [-0.15, -0.1) is 11.3 Å². The standard InChI is InChI=1S/C15H20N2S/c1-4-7-12-8-5-6-9-13(12)10(2)14-11(3)17-15(16)18-14/h5-6,8-10H,4,7H2,1-3H3,(H2,16,17). The Kier molecular flexibility index (Phi) is 4.02. The first-order valence-electron chi connectivity index (χ1n) is 6.44. The summed E-state index contributed by atoms with van der Waals surface area (Å²) in [6.07, 6.45) is 2.31. The van der Waals surface area contributed by atoms with Gasteiger partial charge in [0.2, 0.25) is 0 Å². The number of benzene rings is 1. The van der Waals surface area contributed by atoms with Gasteiger partial charge in [0.05, 0.1) is 5.69 Å². The van der Waals surface area contributed by atoms with E-state index in [1.807, 2.05) is 6.92 Å². The van der Waals surface area contributed by atoms with E-state index in [0.717, 1.165) is 12.1 Å². The first-order chi connectivity index (χ1) is 8.63. The highest BCUT2D eigenvalue weighted by Crippen LogP contribution is 2.34. The van der Waals surface area contributed by atoms with Crippen LogP contribution in [0.1, 0.15) is 47.9 Å². The maximum atomic E-state index is 5.80. The fraction of sp³-hybridized carbons (Fsp3) is 0.400. The van der Waals surface area contributed by atoms with Crippen molar-refractivity contribution in [2.45, 2.75) is 39.5 Å². The Morgan fingerprint density at radius 2 is 2.06 bits per heavy atom. The lowest BCUT2D eigenvalue weighted by molar-refractivity contribution is 0.856. The Labute approximate surface area is 113 Å². The molecule has 0 radical (unpaired) electrons. The third-order valence-corrected chi connectivity index (χ3v) is 4.45. The molecule has 0 aliphatic heterocycles. The second kappa shape index (κ2) is 5.53. The van der Waals surface area contributed by atoms with Crippen LogP contribution in [-0.2, 0) is 6.42 Å². The largest absolute Gasteiger partial charge is 0.375 e. The number of hydrogen-bond donors (Lipinski definition) is 1. The minimum Gasteiger partial charge on any atom is -0.375 e.